The molecule has 0 aromatic heterocycles. The van der Waals surface area contributed by atoms with Gasteiger partial charge in [0.2, 0.25) is 5.91 Å². The van der Waals surface area contributed by atoms with Crippen LogP contribution in [0, 0.1) is 0 Å². The van der Waals surface area contributed by atoms with Gasteiger partial charge in [0.1, 0.15) is 35.4 Å². The summed E-state index contributed by atoms with van der Waals surface area (Å²) in [6.07, 6.45) is -1.28. The number of rotatable bonds is 9. The Morgan fingerprint density at radius 1 is 0.857 bits per heavy atom. The number of nitrogens with two attached hydrogens (primary N) is 1. The smallest absolute Gasteiger partial charge is 0.417 e. The van der Waals surface area contributed by atoms with Gasteiger partial charge >= 0.3 is 18.0 Å². The molecule has 0 aromatic rings. The van der Waals surface area contributed by atoms with Crippen molar-refractivity contribution in [1.29, 1.82) is 0 Å². The van der Waals surface area contributed by atoms with Crippen LogP contribution in [0.1, 0.15) is 75.2 Å². The van der Waals surface area contributed by atoms with Gasteiger partial charge in [-0.1, -0.05) is 0 Å². The highest BCUT2D eigenvalue weighted by Crippen LogP contribution is 2.14. The normalized spacial score (nSPS) is 13.8. The maximum Gasteiger partial charge on any atom is 0.417 e. The van der Waals surface area contributed by atoms with Crippen molar-refractivity contribution in [2.45, 2.75) is 104 Å². The number of carbonyl (C=O) groups is 5. The number of esters is 2. The Morgan fingerprint density at radius 3 is 1.77 bits per heavy atom. The van der Waals surface area contributed by atoms with Gasteiger partial charge in [-0.05, 0) is 68.7 Å². The first-order valence-electron chi connectivity index (χ1n) is 11.3. The highest BCUT2D eigenvalue weighted by molar-refractivity contribution is 7.80. The molecule has 0 heterocycles. The fourth-order valence-corrected chi connectivity index (χ4v) is 2.72. The van der Waals surface area contributed by atoms with Gasteiger partial charge in [0.25, 0.3) is 5.91 Å². The lowest BCUT2D eigenvalue weighted by molar-refractivity contribution is -0.158. The lowest BCUT2D eigenvalue weighted by Crippen LogP contribution is -2.54. The van der Waals surface area contributed by atoms with Gasteiger partial charge in [-0.2, -0.15) is 12.6 Å². The zero-order chi connectivity index (χ0) is 27.8. The topological polar surface area (TPSA) is 154 Å². The highest BCUT2D eigenvalue weighted by atomic mass is 32.1. The molecule has 0 radical (unpaired) electrons. The molecule has 12 heteroatoms. The summed E-state index contributed by atoms with van der Waals surface area (Å²) in [7, 11) is 0. The summed E-state index contributed by atoms with van der Waals surface area (Å²) in [6, 6.07) is -2.28. The average molecular weight is 520 g/mol. The number of nitrogens with zero attached hydrogens (tertiary/aromatic N) is 1. The SMILES string of the molecule is CC(C)(C)OC(=O)CN(C(=O)OC(C)(C)C)C(=O)C(CS)NC(=O)CCC(N)C(=O)OC(C)(C)C. The number of thiol groups is 1. The van der Waals surface area contributed by atoms with Crippen LogP contribution in [0.25, 0.3) is 0 Å². The van der Waals surface area contributed by atoms with E-state index in [1.807, 2.05) is 0 Å². The Bertz CT molecular complexity index is 781. The predicted molar refractivity (Wildman–Crippen MR) is 133 cm³/mol. The average Bonchev–Trinajstić information content (AvgIpc) is 2.63. The molecule has 11 nitrogen and oxygen atoms in total. The van der Waals surface area contributed by atoms with E-state index in [1.165, 1.54) is 0 Å². The number of imide groups is 1. The molecular weight excluding hydrogens is 478 g/mol. The van der Waals surface area contributed by atoms with Gasteiger partial charge in [-0.25, -0.2) is 9.69 Å². The van der Waals surface area contributed by atoms with Crippen LogP contribution in [0.2, 0.25) is 0 Å². The first-order valence-corrected chi connectivity index (χ1v) is 11.9. The van der Waals surface area contributed by atoms with E-state index < -0.39 is 65.3 Å². The van der Waals surface area contributed by atoms with Crippen LogP contribution in [-0.2, 0) is 33.4 Å². The molecule has 202 valence electrons. The summed E-state index contributed by atoms with van der Waals surface area (Å²) in [5, 5.41) is 2.45. The molecule has 3 N–H and O–H groups in total. The molecule has 3 amide bonds. The fraction of sp³-hybridized carbons (Fsp3) is 0.783. The summed E-state index contributed by atoms with van der Waals surface area (Å²) < 4.78 is 15.6. The second-order valence-electron chi connectivity index (χ2n) is 11.0. The standard InChI is InChI=1S/C23H41N3O8S/c1-21(2,3)32-17(28)12-26(20(31)34-23(7,8)9)18(29)15(13-35)25-16(27)11-10-14(24)19(30)33-22(4,5)6/h14-15,35H,10-13,24H2,1-9H3,(H,25,27). The van der Waals surface area contributed by atoms with Gasteiger partial charge in [0.15, 0.2) is 0 Å². The Labute approximate surface area is 213 Å². The molecule has 0 spiro atoms. The van der Waals surface area contributed by atoms with Gasteiger partial charge in [-0.3, -0.25) is 19.2 Å². The lowest BCUT2D eigenvalue weighted by Gasteiger charge is -2.29. The molecule has 0 aliphatic rings. The number of ether oxygens (including phenoxy) is 3. The van der Waals surface area contributed by atoms with Crippen molar-refractivity contribution in [1.82, 2.24) is 10.2 Å². The summed E-state index contributed by atoms with van der Waals surface area (Å²) in [5.41, 5.74) is 3.28. The third kappa shape index (κ3) is 14.6. The molecule has 2 unspecified atom stereocenters. The van der Waals surface area contributed by atoms with Crippen molar-refractivity contribution in [2.75, 3.05) is 12.3 Å². The van der Waals surface area contributed by atoms with Crippen LogP contribution in [0.3, 0.4) is 0 Å². The van der Waals surface area contributed by atoms with Gasteiger partial charge < -0.3 is 25.3 Å². The summed E-state index contributed by atoms with van der Waals surface area (Å²) in [4.78, 5) is 63.1. The van der Waals surface area contributed by atoms with Gasteiger partial charge in [0.05, 0.1) is 0 Å². The second kappa shape index (κ2) is 13.1. The van der Waals surface area contributed by atoms with Crippen LogP contribution >= 0.6 is 12.6 Å². The van der Waals surface area contributed by atoms with Crippen LogP contribution in [-0.4, -0.2) is 75.9 Å². The van der Waals surface area contributed by atoms with E-state index in [-0.39, 0.29) is 18.6 Å². The van der Waals surface area contributed by atoms with E-state index in [1.54, 1.807) is 62.3 Å². The molecule has 0 bridgehead atoms. The van der Waals surface area contributed by atoms with Crippen molar-refractivity contribution in [3.8, 4) is 0 Å². The molecule has 0 saturated heterocycles. The van der Waals surface area contributed by atoms with Crippen LogP contribution < -0.4 is 11.1 Å². The van der Waals surface area contributed by atoms with Gasteiger partial charge in [0, 0.05) is 12.2 Å². The van der Waals surface area contributed by atoms with Crippen molar-refractivity contribution >= 4 is 42.5 Å². The van der Waals surface area contributed by atoms with Crippen molar-refractivity contribution in [3.63, 3.8) is 0 Å². The van der Waals surface area contributed by atoms with Gasteiger partial charge in [-0.15, -0.1) is 0 Å². The van der Waals surface area contributed by atoms with E-state index in [0.29, 0.717) is 4.90 Å². The zero-order valence-electron chi connectivity index (χ0n) is 22.2. The largest absolute Gasteiger partial charge is 0.459 e. The minimum absolute atomic E-state index is 0.0259. The zero-order valence-corrected chi connectivity index (χ0v) is 23.1. The van der Waals surface area contributed by atoms with Crippen molar-refractivity contribution in [2.24, 2.45) is 5.73 Å². The Hall–Kier alpha value is -2.34. The number of carbonyl (C=O) groups excluding carboxylic acids is 5. The van der Waals surface area contributed by atoms with Crippen LogP contribution in [0.15, 0.2) is 0 Å². The molecule has 0 fully saturated rings. The van der Waals surface area contributed by atoms with E-state index in [9.17, 15) is 24.0 Å². The second-order valence-corrected chi connectivity index (χ2v) is 11.3. The van der Waals surface area contributed by atoms with E-state index in [2.05, 4.69) is 17.9 Å². The first-order chi connectivity index (χ1) is 15.6. The molecule has 0 saturated carbocycles. The summed E-state index contributed by atoms with van der Waals surface area (Å²) in [6.45, 7) is 14.1. The fourth-order valence-electron chi connectivity index (χ4n) is 2.47. The van der Waals surface area contributed by atoms with Crippen molar-refractivity contribution < 1.29 is 38.2 Å². The number of hydrogen-bond donors (Lipinski definition) is 3. The maximum absolute atomic E-state index is 13.1. The Balaban J connectivity index is 5.37. The number of hydrogen-bond acceptors (Lipinski definition) is 10. The molecule has 2 atom stereocenters. The lowest BCUT2D eigenvalue weighted by atomic mass is 10.1. The quantitative estimate of drug-likeness (QED) is 0.235. The third-order valence-electron chi connectivity index (χ3n) is 3.79. The molecule has 0 aromatic carbocycles. The summed E-state index contributed by atoms with van der Waals surface area (Å²) >= 11 is 4.10. The predicted octanol–water partition coefficient (Wildman–Crippen LogP) is 1.96. The third-order valence-corrected chi connectivity index (χ3v) is 4.16. The number of amides is 3. The minimum Gasteiger partial charge on any atom is -0.459 e. The number of nitrogens with one attached hydrogen (secondary N) is 1. The molecule has 0 rings (SSSR count). The van der Waals surface area contributed by atoms with E-state index in [4.69, 9.17) is 19.9 Å². The maximum atomic E-state index is 13.1. The Kier molecular flexibility index (Phi) is 12.2. The summed E-state index contributed by atoms with van der Waals surface area (Å²) in [5.74, 6) is -3.15. The van der Waals surface area contributed by atoms with Crippen LogP contribution in [0.5, 0.6) is 0 Å². The highest BCUT2D eigenvalue weighted by Gasteiger charge is 2.35. The molecule has 0 aliphatic carbocycles. The van der Waals surface area contributed by atoms with Crippen molar-refractivity contribution in [3.05, 3.63) is 0 Å². The Morgan fingerprint density at radius 2 is 1.34 bits per heavy atom. The molecule has 0 aliphatic heterocycles. The first kappa shape index (κ1) is 32.7. The molecular formula is C23H41N3O8S. The van der Waals surface area contributed by atoms with E-state index in [0.717, 1.165) is 0 Å². The van der Waals surface area contributed by atoms with Crippen LogP contribution in [0.4, 0.5) is 4.79 Å². The minimum atomic E-state index is -1.25. The monoisotopic (exact) mass is 519 g/mol. The molecule has 35 heavy (non-hydrogen) atoms. The van der Waals surface area contributed by atoms with E-state index >= 15 is 0 Å².